The molecule has 180 valence electrons. The summed E-state index contributed by atoms with van der Waals surface area (Å²) >= 11 is -0.0999. The van der Waals surface area contributed by atoms with Gasteiger partial charge in [-0.05, 0) is 5.39 Å². The number of fused-ring (bicyclic) bond motifs is 9. The van der Waals surface area contributed by atoms with Gasteiger partial charge >= 0.3 is 184 Å². The predicted molar refractivity (Wildman–Crippen MR) is 153 cm³/mol. The van der Waals surface area contributed by atoms with Crippen molar-refractivity contribution >= 4 is 32.6 Å². The van der Waals surface area contributed by atoms with Crippen LogP contribution in [0.3, 0.4) is 0 Å². The molecule has 3 heteroatoms. The molecule has 0 saturated heterocycles. The van der Waals surface area contributed by atoms with Crippen molar-refractivity contribution in [2.45, 2.75) is 6.92 Å². The van der Waals surface area contributed by atoms with E-state index in [-0.39, 0.29) is 21.2 Å². The molecule has 1 aliphatic heterocycles. The molecule has 1 aromatic heterocycles. The second-order valence-electron chi connectivity index (χ2n) is 9.90. The third-order valence-electron chi connectivity index (χ3n) is 7.50. The summed E-state index contributed by atoms with van der Waals surface area (Å²) in [6.45, 7) is 2.18. The van der Waals surface area contributed by atoms with Crippen molar-refractivity contribution in [3.8, 4) is 33.5 Å². The maximum atomic E-state index is 5.20. The van der Waals surface area contributed by atoms with E-state index in [4.69, 9.17) is 9.97 Å². The van der Waals surface area contributed by atoms with Crippen molar-refractivity contribution in [2.75, 3.05) is 0 Å². The van der Waals surface area contributed by atoms with E-state index >= 15 is 0 Å². The molecule has 0 fully saturated rings. The molecule has 0 atom stereocenters. The van der Waals surface area contributed by atoms with Gasteiger partial charge in [0.1, 0.15) is 0 Å². The molecule has 0 unspecified atom stereocenters. The van der Waals surface area contributed by atoms with E-state index in [1.807, 2.05) is 6.20 Å². The van der Waals surface area contributed by atoms with Crippen LogP contribution in [-0.2, 0) is 0 Å². The van der Waals surface area contributed by atoms with Gasteiger partial charge < -0.3 is 0 Å². The van der Waals surface area contributed by atoms with Crippen LogP contribution in [0.5, 0.6) is 0 Å². The molecule has 2 heterocycles. The first-order valence-electron chi connectivity index (χ1n) is 12.8. The van der Waals surface area contributed by atoms with E-state index in [2.05, 4.69) is 116 Å². The molecule has 2 nitrogen and oxygen atoms in total. The molecule has 8 rings (SSSR count). The zero-order valence-corrected chi connectivity index (χ0v) is 22.9. The van der Waals surface area contributed by atoms with Gasteiger partial charge in [0.2, 0.25) is 0 Å². The average Bonchev–Trinajstić information content (AvgIpc) is 3.34. The van der Waals surface area contributed by atoms with E-state index in [9.17, 15) is 0 Å². The number of hydrogen-bond donors (Lipinski definition) is 0. The summed E-state index contributed by atoms with van der Waals surface area (Å²) in [5.74, 6) is 0. The zero-order chi connectivity index (χ0) is 25.2. The van der Waals surface area contributed by atoms with Crippen LogP contribution in [-0.4, -0.2) is 9.97 Å². The number of hydrogen-bond acceptors (Lipinski definition) is 2. The molecule has 0 N–H and O–H groups in total. The number of halogens is 1. The SMILES string of the molecule is Cc1ccc2c(c1)-c1cc(-c3cccc(-c4cnc5c6ccccc6c6ccccc6c5n4)c3)ccc1[I-]2. The molecule has 0 saturated carbocycles. The van der Waals surface area contributed by atoms with Crippen molar-refractivity contribution in [3.05, 3.63) is 128 Å². The van der Waals surface area contributed by atoms with Crippen molar-refractivity contribution in [3.63, 3.8) is 0 Å². The van der Waals surface area contributed by atoms with Crippen LogP contribution < -0.4 is 21.2 Å². The molecule has 0 aliphatic carbocycles. The Morgan fingerprint density at radius 3 is 1.95 bits per heavy atom. The average molecular weight is 597 g/mol. The molecular formula is C35H22IN2-. The van der Waals surface area contributed by atoms with Crippen LogP contribution in [0.2, 0.25) is 0 Å². The van der Waals surface area contributed by atoms with Gasteiger partial charge in [-0.3, -0.25) is 0 Å². The topological polar surface area (TPSA) is 25.8 Å². The Balaban J connectivity index is 1.27. The first-order valence-corrected chi connectivity index (χ1v) is 15.0. The van der Waals surface area contributed by atoms with E-state index in [1.54, 1.807) is 0 Å². The Hall–Kier alpha value is -4.09. The summed E-state index contributed by atoms with van der Waals surface area (Å²) in [6, 6.07) is 39.6. The quantitative estimate of drug-likeness (QED) is 0.189. The van der Waals surface area contributed by atoms with Crippen LogP contribution in [0, 0.1) is 14.1 Å². The van der Waals surface area contributed by atoms with E-state index in [0.29, 0.717) is 0 Å². The molecule has 7 aromatic rings. The molecule has 38 heavy (non-hydrogen) atoms. The van der Waals surface area contributed by atoms with Gasteiger partial charge in [-0.15, -0.1) is 0 Å². The Morgan fingerprint density at radius 2 is 1.16 bits per heavy atom. The standard InChI is InChI=1S/C35H22IN2/c1-21-13-15-31-29(17-21)30-19-23(14-16-32(30)36-31)22-7-6-8-24(18-22)33-20-37-34-27-11-4-2-9-25(27)26-10-3-5-12-28(26)35(34)38-33/h2-20H,1H3/q-1. The van der Waals surface area contributed by atoms with Gasteiger partial charge in [-0.1, -0.05) is 42.5 Å². The van der Waals surface area contributed by atoms with Gasteiger partial charge in [0.25, 0.3) is 0 Å². The van der Waals surface area contributed by atoms with Crippen LogP contribution in [0.25, 0.3) is 66.1 Å². The number of benzene rings is 6. The summed E-state index contributed by atoms with van der Waals surface area (Å²) in [7, 11) is 0. The second kappa shape index (κ2) is 8.47. The first kappa shape index (κ1) is 21.9. The molecule has 0 bridgehead atoms. The van der Waals surface area contributed by atoms with Crippen molar-refractivity contribution in [1.82, 2.24) is 9.97 Å². The maximum absolute atomic E-state index is 5.20. The molecule has 0 spiro atoms. The van der Waals surface area contributed by atoms with Gasteiger partial charge in [0, 0.05) is 0 Å². The summed E-state index contributed by atoms with van der Waals surface area (Å²) in [5, 5.41) is 4.72. The fraction of sp³-hybridized carbons (Fsp3) is 0.0286. The van der Waals surface area contributed by atoms with Gasteiger partial charge in [-0.2, -0.15) is 0 Å². The second-order valence-corrected chi connectivity index (χ2v) is 12.8. The van der Waals surface area contributed by atoms with Crippen LogP contribution in [0.15, 0.2) is 115 Å². The summed E-state index contributed by atoms with van der Waals surface area (Å²) in [4.78, 5) is 10.2. The van der Waals surface area contributed by atoms with Crippen LogP contribution in [0.1, 0.15) is 5.56 Å². The molecule has 6 aromatic carbocycles. The van der Waals surface area contributed by atoms with Crippen LogP contribution in [0.4, 0.5) is 0 Å². The third-order valence-corrected chi connectivity index (χ3v) is 10.5. The molecule has 0 radical (unpaired) electrons. The first-order chi connectivity index (χ1) is 18.7. The van der Waals surface area contributed by atoms with Crippen molar-refractivity contribution < 1.29 is 21.2 Å². The fourth-order valence-electron chi connectivity index (χ4n) is 5.65. The Bertz CT molecular complexity index is 2040. The summed E-state index contributed by atoms with van der Waals surface area (Å²) < 4.78 is 3.05. The molecule has 0 amide bonds. The van der Waals surface area contributed by atoms with Crippen molar-refractivity contribution in [1.29, 1.82) is 0 Å². The predicted octanol–water partition coefficient (Wildman–Crippen LogP) is 5.69. The Labute approximate surface area is 231 Å². The number of rotatable bonds is 2. The number of aromatic nitrogens is 2. The van der Waals surface area contributed by atoms with E-state index < -0.39 is 0 Å². The minimum absolute atomic E-state index is 0.0999. The number of nitrogens with zero attached hydrogens (tertiary/aromatic N) is 2. The van der Waals surface area contributed by atoms with E-state index in [1.165, 1.54) is 45.7 Å². The normalized spacial score (nSPS) is 12.4. The summed E-state index contributed by atoms with van der Waals surface area (Å²) in [5.41, 5.74) is 10.5. The monoisotopic (exact) mass is 597 g/mol. The van der Waals surface area contributed by atoms with Crippen molar-refractivity contribution in [2.24, 2.45) is 0 Å². The van der Waals surface area contributed by atoms with E-state index in [0.717, 1.165) is 33.1 Å². The summed E-state index contributed by atoms with van der Waals surface area (Å²) in [6.07, 6.45) is 1.93. The Kier molecular flexibility index (Phi) is 4.89. The molecular weight excluding hydrogens is 575 g/mol. The molecule has 1 aliphatic rings. The Morgan fingerprint density at radius 1 is 0.526 bits per heavy atom. The zero-order valence-electron chi connectivity index (χ0n) is 20.7. The third kappa shape index (κ3) is 3.38. The van der Waals surface area contributed by atoms with Crippen LogP contribution >= 0.6 is 0 Å². The minimum atomic E-state index is -0.0999. The van der Waals surface area contributed by atoms with Gasteiger partial charge in [-0.25, -0.2) is 0 Å². The number of aryl methyl sites for hydroxylation is 1. The van der Waals surface area contributed by atoms with Gasteiger partial charge in [0.15, 0.2) is 0 Å². The fourth-order valence-corrected chi connectivity index (χ4v) is 8.47. The van der Waals surface area contributed by atoms with Gasteiger partial charge in [0.05, 0.1) is 0 Å².